The van der Waals surface area contributed by atoms with Gasteiger partial charge in [-0.05, 0) is 19.2 Å². The first-order chi connectivity index (χ1) is 8.85. The average molecular weight is 248 g/mol. The Hall–Kier alpha value is -1.13. The van der Waals surface area contributed by atoms with E-state index >= 15 is 0 Å². The van der Waals surface area contributed by atoms with E-state index in [2.05, 4.69) is 40.0 Å². The molecule has 18 heavy (non-hydrogen) atoms. The Bertz CT molecular complexity index is 357. The standard InChI is InChI=1S/C14H24N4/c1-3-17(4-2)12-13-6-5-7-16-14(13)18-10-8-15-9-11-18/h5-7,15H,3-4,8-12H2,1-2H3. The van der Waals surface area contributed by atoms with Gasteiger partial charge in [0.1, 0.15) is 5.82 Å². The van der Waals surface area contributed by atoms with Gasteiger partial charge in [0.2, 0.25) is 0 Å². The average Bonchev–Trinajstić information content (AvgIpc) is 2.46. The molecule has 0 saturated carbocycles. The van der Waals surface area contributed by atoms with Gasteiger partial charge in [0.05, 0.1) is 0 Å². The van der Waals surface area contributed by atoms with Crippen LogP contribution in [0, 0.1) is 0 Å². The number of anilines is 1. The normalized spacial score (nSPS) is 16.3. The van der Waals surface area contributed by atoms with Gasteiger partial charge in [0, 0.05) is 44.5 Å². The topological polar surface area (TPSA) is 31.4 Å². The molecule has 2 rings (SSSR count). The number of piperazine rings is 1. The number of hydrogen-bond donors (Lipinski definition) is 1. The summed E-state index contributed by atoms with van der Waals surface area (Å²) in [5.74, 6) is 1.17. The van der Waals surface area contributed by atoms with Gasteiger partial charge in [0.15, 0.2) is 0 Å². The first kappa shape index (κ1) is 13.3. The molecule has 1 aromatic heterocycles. The van der Waals surface area contributed by atoms with Crippen LogP contribution in [-0.4, -0.2) is 49.2 Å². The Morgan fingerprint density at radius 1 is 1.28 bits per heavy atom. The minimum atomic E-state index is 1.00. The summed E-state index contributed by atoms with van der Waals surface area (Å²) in [6, 6.07) is 4.26. The van der Waals surface area contributed by atoms with E-state index in [0.29, 0.717) is 0 Å². The van der Waals surface area contributed by atoms with E-state index in [0.717, 1.165) is 45.8 Å². The first-order valence-electron chi connectivity index (χ1n) is 6.97. The lowest BCUT2D eigenvalue weighted by molar-refractivity contribution is 0.295. The monoisotopic (exact) mass is 248 g/mol. The Morgan fingerprint density at radius 2 is 2.00 bits per heavy atom. The quantitative estimate of drug-likeness (QED) is 0.852. The van der Waals surface area contributed by atoms with E-state index in [1.165, 1.54) is 11.4 Å². The minimum Gasteiger partial charge on any atom is -0.354 e. The van der Waals surface area contributed by atoms with Crippen molar-refractivity contribution in [1.29, 1.82) is 0 Å². The molecule has 4 heteroatoms. The third-order valence-corrected chi connectivity index (χ3v) is 3.57. The summed E-state index contributed by atoms with van der Waals surface area (Å²) in [5, 5.41) is 3.39. The summed E-state index contributed by atoms with van der Waals surface area (Å²) in [4.78, 5) is 9.43. The fourth-order valence-electron chi connectivity index (χ4n) is 2.40. The number of nitrogens with zero attached hydrogens (tertiary/aromatic N) is 3. The predicted octanol–water partition coefficient (Wildman–Crippen LogP) is 1.33. The zero-order valence-electron chi connectivity index (χ0n) is 11.5. The highest BCUT2D eigenvalue weighted by molar-refractivity contribution is 5.47. The van der Waals surface area contributed by atoms with Crippen LogP contribution in [0.3, 0.4) is 0 Å². The Morgan fingerprint density at radius 3 is 2.67 bits per heavy atom. The second-order valence-corrected chi connectivity index (χ2v) is 4.68. The Labute approximate surface area is 110 Å². The van der Waals surface area contributed by atoms with Crippen LogP contribution >= 0.6 is 0 Å². The molecule has 4 nitrogen and oxygen atoms in total. The van der Waals surface area contributed by atoms with Gasteiger partial charge < -0.3 is 10.2 Å². The molecule has 1 aliphatic rings. The summed E-state index contributed by atoms with van der Waals surface area (Å²) in [6.07, 6.45) is 1.91. The van der Waals surface area contributed by atoms with E-state index in [9.17, 15) is 0 Å². The molecule has 1 fully saturated rings. The van der Waals surface area contributed by atoms with Crippen LogP contribution in [0.5, 0.6) is 0 Å². The molecule has 0 atom stereocenters. The van der Waals surface area contributed by atoms with E-state index in [4.69, 9.17) is 0 Å². The first-order valence-corrected chi connectivity index (χ1v) is 6.97. The van der Waals surface area contributed by atoms with Crippen LogP contribution in [0.25, 0.3) is 0 Å². The molecular weight excluding hydrogens is 224 g/mol. The minimum absolute atomic E-state index is 1.00. The fraction of sp³-hybridized carbons (Fsp3) is 0.643. The molecule has 100 valence electrons. The molecule has 1 N–H and O–H groups in total. The van der Waals surface area contributed by atoms with Crippen LogP contribution in [0.15, 0.2) is 18.3 Å². The van der Waals surface area contributed by atoms with Gasteiger partial charge in [-0.3, -0.25) is 4.90 Å². The summed E-state index contributed by atoms with van der Waals surface area (Å²) >= 11 is 0. The van der Waals surface area contributed by atoms with Crippen molar-refractivity contribution in [2.24, 2.45) is 0 Å². The van der Waals surface area contributed by atoms with Crippen molar-refractivity contribution in [2.45, 2.75) is 20.4 Å². The summed E-state index contributed by atoms with van der Waals surface area (Å²) < 4.78 is 0. The van der Waals surface area contributed by atoms with Crippen LogP contribution in [0.2, 0.25) is 0 Å². The smallest absolute Gasteiger partial charge is 0.133 e. The van der Waals surface area contributed by atoms with Crippen molar-refractivity contribution >= 4 is 5.82 Å². The fourth-order valence-corrected chi connectivity index (χ4v) is 2.40. The van der Waals surface area contributed by atoms with Gasteiger partial charge in [-0.15, -0.1) is 0 Å². The second-order valence-electron chi connectivity index (χ2n) is 4.68. The van der Waals surface area contributed by atoms with E-state index < -0.39 is 0 Å². The molecule has 0 bridgehead atoms. The maximum absolute atomic E-state index is 4.60. The lowest BCUT2D eigenvalue weighted by atomic mass is 10.2. The van der Waals surface area contributed by atoms with Crippen molar-refractivity contribution < 1.29 is 0 Å². The lowest BCUT2D eigenvalue weighted by Gasteiger charge is -2.31. The highest BCUT2D eigenvalue weighted by Crippen LogP contribution is 2.19. The predicted molar refractivity (Wildman–Crippen MR) is 75.9 cm³/mol. The SMILES string of the molecule is CCN(CC)Cc1cccnc1N1CCNCC1. The summed E-state index contributed by atoms with van der Waals surface area (Å²) in [7, 11) is 0. The van der Waals surface area contributed by atoms with Gasteiger partial charge in [-0.2, -0.15) is 0 Å². The number of nitrogens with one attached hydrogen (secondary N) is 1. The highest BCUT2D eigenvalue weighted by atomic mass is 15.2. The Kier molecular flexibility index (Phi) is 4.96. The number of hydrogen-bond acceptors (Lipinski definition) is 4. The van der Waals surface area contributed by atoms with Crippen LogP contribution < -0.4 is 10.2 Å². The second kappa shape index (κ2) is 6.71. The Balaban J connectivity index is 2.13. The maximum Gasteiger partial charge on any atom is 0.133 e. The van der Waals surface area contributed by atoms with Gasteiger partial charge in [-0.25, -0.2) is 4.98 Å². The van der Waals surface area contributed by atoms with Gasteiger partial charge in [0.25, 0.3) is 0 Å². The van der Waals surface area contributed by atoms with Crippen molar-refractivity contribution in [2.75, 3.05) is 44.2 Å². The van der Waals surface area contributed by atoms with E-state index in [1.54, 1.807) is 0 Å². The molecule has 2 heterocycles. The molecule has 0 amide bonds. The third-order valence-electron chi connectivity index (χ3n) is 3.57. The highest BCUT2D eigenvalue weighted by Gasteiger charge is 2.15. The van der Waals surface area contributed by atoms with Crippen LogP contribution in [0.1, 0.15) is 19.4 Å². The molecular formula is C14H24N4. The molecule has 0 unspecified atom stereocenters. The maximum atomic E-state index is 4.60. The zero-order valence-corrected chi connectivity index (χ0v) is 11.5. The molecule has 1 aromatic rings. The van der Waals surface area contributed by atoms with Crippen molar-refractivity contribution in [3.63, 3.8) is 0 Å². The molecule has 0 radical (unpaired) electrons. The lowest BCUT2D eigenvalue weighted by Crippen LogP contribution is -2.44. The third kappa shape index (κ3) is 3.21. The number of pyridine rings is 1. The van der Waals surface area contributed by atoms with Crippen LogP contribution in [0.4, 0.5) is 5.82 Å². The van der Waals surface area contributed by atoms with E-state index in [1.807, 2.05) is 12.3 Å². The molecule has 0 aliphatic carbocycles. The zero-order chi connectivity index (χ0) is 12.8. The number of rotatable bonds is 5. The molecule has 1 saturated heterocycles. The van der Waals surface area contributed by atoms with E-state index in [-0.39, 0.29) is 0 Å². The molecule has 0 spiro atoms. The number of aromatic nitrogens is 1. The molecule has 1 aliphatic heterocycles. The van der Waals surface area contributed by atoms with Crippen LogP contribution in [-0.2, 0) is 6.54 Å². The molecule has 0 aromatic carbocycles. The van der Waals surface area contributed by atoms with Gasteiger partial charge >= 0.3 is 0 Å². The van der Waals surface area contributed by atoms with Crippen molar-refractivity contribution in [3.8, 4) is 0 Å². The largest absolute Gasteiger partial charge is 0.354 e. The van der Waals surface area contributed by atoms with Crippen molar-refractivity contribution in [1.82, 2.24) is 15.2 Å². The summed E-state index contributed by atoms with van der Waals surface area (Å²) in [6.45, 7) is 11.8. The van der Waals surface area contributed by atoms with Gasteiger partial charge in [-0.1, -0.05) is 19.9 Å². The summed E-state index contributed by atoms with van der Waals surface area (Å²) in [5.41, 5.74) is 1.35. The van der Waals surface area contributed by atoms with Crippen molar-refractivity contribution in [3.05, 3.63) is 23.9 Å².